The maximum atomic E-state index is 11.7. The summed E-state index contributed by atoms with van der Waals surface area (Å²) in [6.45, 7) is 1.06. The van der Waals surface area contributed by atoms with E-state index in [1.54, 1.807) is 4.90 Å². The van der Waals surface area contributed by atoms with Gasteiger partial charge in [-0.3, -0.25) is 9.59 Å². The Labute approximate surface area is 111 Å². The summed E-state index contributed by atoms with van der Waals surface area (Å²) in [6, 6.07) is 7.53. The van der Waals surface area contributed by atoms with Crippen molar-refractivity contribution in [3.8, 4) is 0 Å². The lowest BCUT2D eigenvalue weighted by atomic mass is 10.1. The summed E-state index contributed by atoms with van der Waals surface area (Å²) in [5.74, 6) is -0.715. The number of likely N-dealkylation sites (tertiary alicyclic amines) is 1. The molecule has 1 heterocycles. The first-order valence-corrected chi connectivity index (χ1v) is 6.25. The van der Waals surface area contributed by atoms with Gasteiger partial charge in [0.05, 0.1) is 5.92 Å². The van der Waals surface area contributed by atoms with Crippen LogP contribution >= 0.6 is 11.6 Å². The number of amides is 2. The van der Waals surface area contributed by atoms with Crippen molar-refractivity contribution < 1.29 is 9.59 Å². The topological polar surface area (TPSA) is 63.4 Å². The molecule has 1 fully saturated rings. The first-order valence-electron chi connectivity index (χ1n) is 5.88. The summed E-state index contributed by atoms with van der Waals surface area (Å²) in [6.07, 6.45) is 1.00. The van der Waals surface area contributed by atoms with E-state index in [1.165, 1.54) is 0 Å². The molecule has 1 unspecified atom stereocenters. The summed E-state index contributed by atoms with van der Waals surface area (Å²) in [7, 11) is 0. The Morgan fingerprint density at radius 2 is 2.06 bits per heavy atom. The van der Waals surface area contributed by atoms with Crippen molar-refractivity contribution in [2.24, 2.45) is 11.7 Å². The third-order valence-corrected chi connectivity index (χ3v) is 3.45. The highest BCUT2D eigenvalue weighted by molar-refractivity contribution is 6.30. The van der Waals surface area contributed by atoms with Gasteiger partial charge < -0.3 is 10.6 Å². The molecule has 1 saturated heterocycles. The van der Waals surface area contributed by atoms with E-state index in [2.05, 4.69) is 0 Å². The molecule has 0 aliphatic carbocycles. The van der Waals surface area contributed by atoms with Gasteiger partial charge in [0.1, 0.15) is 0 Å². The van der Waals surface area contributed by atoms with Gasteiger partial charge in [-0.2, -0.15) is 0 Å². The summed E-state index contributed by atoms with van der Waals surface area (Å²) >= 11 is 5.80. The van der Waals surface area contributed by atoms with Gasteiger partial charge in [0, 0.05) is 24.5 Å². The van der Waals surface area contributed by atoms with Crippen LogP contribution in [-0.2, 0) is 16.0 Å². The molecule has 18 heavy (non-hydrogen) atoms. The predicted octanol–water partition coefficient (Wildman–Crippen LogP) is 1.22. The first-order chi connectivity index (χ1) is 8.56. The third-order valence-electron chi connectivity index (χ3n) is 3.20. The van der Waals surface area contributed by atoms with Crippen molar-refractivity contribution in [2.75, 3.05) is 13.1 Å². The second-order valence-corrected chi connectivity index (χ2v) is 4.96. The molecule has 1 aromatic rings. The van der Waals surface area contributed by atoms with Gasteiger partial charge in [-0.15, -0.1) is 0 Å². The fourth-order valence-corrected chi connectivity index (χ4v) is 2.22. The van der Waals surface area contributed by atoms with E-state index in [4.69, 9.17) is 17.3 Å². The summed E-state index contributed by atoms with van der Waals surface area (Å²) < 4.78 is 0. The molecule has 0 bridgehead atoms. The molecule has 1 atom stereocenters. The second-order valence-electron chi connectivity index (χ2n) is 4.52. The minimum Gasteiger partial charge on any atom is -0.369 e. The average Bonchev–Trinajstić information content (AvgIpc) is 2.70. The zero-order valence-corrected chi connectivity index (χ0v) is 10.7. The molecule has 2 rings (SSSR count). The Hall–Kier alpha value is -1.55. The molecule has 0 saturated carbocycles. The maximum Gasteiger partial charge on any atom is 0.223 e. The lowest BCUT2D eigenvalue weighted by molar-refractivity contribution is -0.128. The maximum absolute atomic E-state index is 11.7. The van der Waals surface area contributed by atoms with E-state index in [1.807, 2.05) is 24.3 Å². The Morgan fingerprint density at radius 1 is 1.39 bits per heavy atom. The second kappa shape index (κ2) is 5.40. The number of halogens is 1. The fourth-order valence-electron chi connectivity index (χ4n) is 2.09. The van der Waals surface area contributed by atoms with E-state index in [0.29, 0.717) is 18.1 Å². The number of primary amides is 1. The number of rotatable bonds is 4. The minimum absolute atomic E-state index is 0.00719. The lowest BCUT2D eigenvalue weighted by Gasteiger charge is -2.15. The number of carbonyl (C=O) groups is 2. The molecule has 1 aliphatic heterocycles. The zero-order valence-electron chi connectivity index (χ0n) is 9.93. The van der Waals surface area contributed by atoms with Crippen molar-refractivity contribution in [3.63, 3.8) is 0 Å². The molecule has 4 nitrogen and oxygen atoms in total. The van der Waals surface area contributed by atoms with Gasteiger partial charge in [0.15, 0.2) is 0 Å². The highest BCUT2D eigenvalue weighted by Gasteiger charge is 2.32. The quantitative estimate of drug-likeness (QED) is 0.891. The molecule has 0 aromatic heterocycles. The highest BCUT2D eigenvalue weighted by atomic mass is 35.5. The van der Waals surface area contributed by atoms with Crippen LogP contribution in [0, 0.1) is 5.92 Å². The van der Waals surface area contributed by atoms with Crippen LogP contribution in [0.25, 0.3) is 0 Å². The van der Waals surface area contributed by atoms with Crippen molar-refractivity contribution in [2.45, 2.75) is 12.8 Å². The molecule has 0 spiro atoms. The average molecular weight is 267 g/mol. The minimum atomic E-state index is -0.391. The van der Waals surface area contributed by atoms with E-state index in [-0.39, 0.29) is 18.2 Å². The molecule has 5 heteroatoms. The summed E-state index contributed by atoms with van der Waals surface area (Å²) in [5.41, 5.74) is 6.33. The number of benzene rings is 1. The largest absolute Gasteiger partial charge is 0.369 e. The molecular formula is C13H15ClN2O2. The standard InChI is InChI=1S/C13H15ClN2O2/c14-11-3-1-9(2-4-11)5-6-16-8-10(13(15)18)7-12(16)17/h1-4,10H,5-8H2,(H2,15,18). The molecule has 96 valence electrons. The van der Waals surface area contributed by atoms with Crippen LogP contribution < -0.4 is 5.73 Å². The Balaban J connectivity index is 1.89. The van der Waals surface area contributed by atoms with Crippen molar-refractivity contribution in [1.82, 2.24) is 4.90 Å². The molecule has 0 radical (unpaired) electrons. The van der Waals surface area contributed by atoms with E-state index in [9.17, 15) is 9.59 Å². The number of nitrogens with zero attached hydrogens (tertiary/aromatic N) is 1. The monoisotopic (exact) mass is 266 g/mol. The van der Waals surface area contributed by atoms with Crippen molar-refractivity contribution in [1.29, 1.82) is 0 Å². The normalized spacial score (nSPS) is 19.3. The Bertz CT molecular complexity index is 459. The summed E-state index contributed by atoms with van der Waals surface area (Å²) in [4.78, 5) is 24.4. The van der Waals surface area contributed by atoms with Crippen LogP contribution in [0.3, 0.4) is 0 Å². The van der Waals surface area contributed by atoms with Gasteiger partial charge in [0.25, 0.3) is 0 Å². The van der Waals surface area contributed by atoms with Crippen molar-refractivity contribution in [3.05, 3.63) is 34.9 Å². The molecular weight excluding hydrogens is 252 g/mol. The van der Waals surface area contributed by atoms with Crippen LogP contribution in [0.15, 0.2) is 24.3 Å². The summed E-state index contributed by atoms with van der Waals surface area (Å²) in [5, 5.41) is 0.699. The smallest absolute Gasteiger partial charge is 0.223 e. The third kappa shape index (κ3) is 3.01. The highest BCUT2D eigenvalue weighted by Crippen LogP contribution is 2.18. The number of nitrogens with two attached hydrogens (primary N) is 1. The van der Waals surface area contributed by atoms with Crippen LogP contribution in [0.2, 0.25) is 5.02 Å². The van der Waals surface area contributed by atoms with Gasteiger partial charge in [-0.25, -0.2) is 0 Å². The van der Waals surface area contributed by atoms with E-state index >= 15 is 0 Å². The van der Waals surface area contributed by atoms with Gasteiger partial charge in [-0.05, 0) is 24.1 Å². The van der Waals surface area contributed by atoms with Gasteiger partial charge >= 0.3 is 0 Å². The lowest BCUT2D eigenvalue weighted by Crippen LogP contribution is -2.30. The number of hydrogen-bond donors (Lipinski definition) is 1. The number of hydrogen-bond acceptors (Lipinski definition) is 2. The van der Waals surface area contributed by atoms with Gasteiger partial charge in [-0.1, -0.05) is 23.7 Å². The van der Waals surface area contributed by atoms with E-state index in [0.717, 1.165) is 12.0 Å². The molecule has 1 aliphatic rings. The Kier molecular flexibility index (Phi) is 3.87. The fraction of sp³-hybridized carbons (Fsp3) is 0.385. The molecule has 2 amide bonds. The number of carbonyl (C=O) groups excluding carboxylic acids is 2. The van der Waals surface area contributed by atoms with Crippen molar-refractivity contribution >= 4 is 23.4 Å². The zero-order chi connectivity index (χ0) is 13.1. The van der Waals surface area contributed by atoms with Crippen LogP contribution in [-0.4, -0.2) is 29.8 Å². The SMILES string of the molecule is NC(=O)C1CC(=O)N(CCc2ccc(Cl)cc2)C1. The Morgan fingerprint density at radius 3 is 2.61 bits per heavy atom. The molecule has 2 N–H and O–H groups in total. The van der Waals surface area contributed by atoms with Crippen LogP contribution in [0.4, 0.5) is 0 Å². The van der Waals surface area contributed by atoms with Crippen LogP contribution in [0.5, 0.6) is 0 Å². The van der Waals surface area contributed by atoms with Crippen LogP contribution in [0.1, 0.15) is 12.0 Å². The predicted molar refractivity (Wildman–Crippen MR) is 69.0 cm³/mol. The van der Waals surface area contributed by atoms with E-state index < -0.39 is 5.91 Å². The molecule has 1 aromatic carbocycles. The van der Waals surface area contributed by atoms with Gasteiger partial charge in [0.2, 0.25) is 11.8 Å². The first kappa shape index (κ1) is 12.9.